The zero-order valence-electron chi connectivity index (χ0n) is 13.2. The maximum absolute atomic E-state index is 6.03. The number of hydrogen-bond donors (Lipinski definition) is 1. The first-order valence-electron chi connectivity index (χ1n) is 6.84. The summed E-state index contributed by atoms with van der Waals surface area (Å²) in [6.45, 7) is 10.3. The number of hydrogen-bond acceptors (Lipinski definition) is 3. The van der Waals surface area contributed by atoms with E-state index in [4.69, 9.17) is 10.5 Å². The van der Waals surface area contributed by atoms with E-state index in [-0.39, 0.29) is 5.54 Å². The Morgan fingerprint density at radius 1 is 1.21 bits per heavy atom. The molecule has 2 N–H and O–H groups in total. The van der Waals surface area contributed by atoms with Crippen LogP contribution in [-0.2, 0) is 6.54 Å². The Morgan fingerprint density at radius 3 is 2.37 bits per heavy atom. The highest BCUT2D eigenvalue weighted by Crippen LogP contribution is 2.23. The first kappa shape index (κ1) is 16.0. The molecule has 0 heterocycles. The summed E-state index contributed by atoms with van der Waals surface area (Å²) in [4.78, 5) is 2.32. The van der Waals surface area contributed by atoms with E-state index in [1.807, 2.05) is 0 Å². The SMILES string of the molecule is COc1cc(C)c(CN(C)CCC(C)(C)N)cc1C. The predicted octanol–water partition coefficient (Wildman–Crippen LogP) is 2.87. The molecule has 0 radical (unpaired) electrons. The van der Waals surface area contributed by atoms with Crippen molar-refractivity contribution >= 4 is 0 Å². The van der Waals surface area contributed by atoms with Crippen molar-refractivity contribution in [3.63, 3.8) is 0 Å². The van der Waals surface area contributed by atoms with Crippen molar-refractivity contribution in [1.82, 2.24) is 4.90 Å². The van der Waals surface area contributed by atoms with Gasteiger partial charge < -0.3 is 15.4 Å². The molecule has 1 aromatic carbocycles. The maximum atomic E-state index is 6.03. The smallest absolute Gasteiger partial charge is 0.122 e. The largest absolute Gasteiger partial charge is 0.496 e. The summed E-state index contributed by atoms with van der Waals surface area (Å²) in [6.07, 6.45) is 0.998. The fraction of sp³-hybridized carbons (Fsp3) is 0.625. The van der Waals surface area contributed by atoms with Gasteiger partial charge in [-0.2, -0.15) is 0 Å². The standard InChI is InChI=1S/C16H28N2O/c1-12-10-15(19-6)13(2)9-14(12)11-18(5)8-7-16(3,4)17/h9-10H,7-8,11,17H2,1-6H3. The molecule has 0 aromatic heterocycles. The van der Waals surface area contributed by atoms with E-state index in [9.17, 15) is 0 Å². The molecule has 3 nitrogen and oxygen atoms in total. The number of aryl methyl sites for hydroxylation is 2. The molecular weight excluding hydrogens is 236 g/mol. The van der Waals surface area contributed by atoms with E-state index in [1.54, 1.807) is 7.11 Å². The van der Waals surface area contributed by atoms with Crippen LogP contribution in [0.3, 0.4) is 0 Å². The maximum Gasteiger partial charge on any atom is 0.122 e. The lowest BCUT2D eigenvalue weighted by Crippen LogP contribution is -2.36. The summed E-state index contributed by atoms with van der Waals surface area (Å²) in [5.41, 5.74) is 9.75. The molecule has 0 aliphatic carbocycles. The molecule has 108 valence electrons. The highest BCUT2D eigenvalue weighted by molar-refractivity contribution is 5.41. The van der Waals surface area contributed by atoms with Gasteiger partial charge in [-0.25, -0.2) is 0 Å². The van der Waals surface area contributed by atoms with E-state index in [0.29, 0.717) is 0 Å². The third-order valence-corrected chi connectivity index (χ3v) is 3.43. The lowest BCUT2D eigenvalue weighted by atomic mass is 10.0. The number of rotatable bonds is 6. The Kier molecular flexibility index (Phi) is 5.39. The van der Waals surface area contributed by atoms with Crippen molar-refractivity contribution in [2.75, 3.05) is 20.7 Å². The summed E-state index contributed by atoms with van der Waals surface area (Å²) in [6, 6.07) is 4.34. The third-order valence-electron chi connectivity index (χ3n) is 3.43. The molecule has 0 amide bonds. The number of benzene rings is 1. The van der Waals surface area contributed by atoms with Crippen molar-refractivity contribution in [3.05, 3.63) is 28.8 Å². The van der Waals surface area contributed by atoms with E-state index < -0.39 is 0 Å². The van der Waals surface area contributed by atoms with Crippen molar-refractivity contribution in [2.45, 2.75) is 46.2 Å². The highest BCUT2D eigenvalue weighted by atomic mass is 16.5. The summed E-state index contributed by atoms with van der Waals surface area (Å²) >= 11 is 0. The molecule has 0 spiro atoms. The monoisotopic (exact) mass is 264 g/mol. The van der Waals surface area contributed by atoms with Crippen molar-refractivity contribution in [2.24, 2.45) is 5.73 Å². The molecule has 0 bridgehead atoms. The minimum atomic E-state index is -0.0981. The van der Waals surface area contributed by atoms with E-state index in [2.05, 4.69) is 51.8 Å². The highest BCUT2D eigenvalue weighted by Gasteiger charge is 2.13. The molecule has 3 heteroatoms. The second kappa shape index (κ2) is 6.40. The van der Waals surface area contributed by atoms with Gasteiger partial charge >= 0.3 is 0 Å². The van der Waals surface area contributed by atoms with Crippen LogP contribution in [0.25, 0.3) is 0 Å². The topological polar surface area (TPSA) is 38.5 Å². The summed E-state index contributed by atoms with van der Waals surface area (Å²) in [5, 5.41) is 0. The van der Waals surface area contributed by atoms with Crippen LogP contribution >= 0.6 is 0 Å². The zero-order chi connectivity index (χ0) is 14.6. The first-order chi connectivity index (χ1) is 8.73. The third kappa shape index (κ3) is 5.21. The van der Waals surface area contributed by atoms with Crippen LogP contribution in [0.4, 0.5) is 0 Å². The Labute approximate surface area is 117 Å². The van der Waals surface area contributed by atoms with Crippen molar-refractivity contribution < 1.29 is 4.74 Å². The molecule has 0 unspecified atom stereocenters. The minimum absolute atomic E-state index is 0.0981. The van der Waals surface area contributed by atoms with Gasteiger partial charge in [-0.15, -0.1) is 0 Å². The second-order valence-corrected chi connectivity index (χ2v) is 6.22. The van der Waals surface area contributed by atoms with Gasteiger partial charge in [-0.1, -0.05) is 6.07 Å². The number of ether oxygens (including phenoxy) is 1. The molecule has 0 aliphatic rings. The molecule has 19 heavy (non-hydrogen) atoms. The molecular formula is C16H28N2O. The fourth-order valence-corrected chi connectivity index (χ4v) is 2.09. The van der Waals surface area contributed by atoms with Crippen LogP contribution in [-0.4, -0.2) is 31.1 Å². The van der Waals surface area contributed by atoms with Gasteiger partial charge in [0.25, 0.3) is 0 Å². The second-order valence-electron chi connectivity index (χ2n) is 6.22. The Balaban J connectivity index is 2.69. The average molecular weight is 264 g/mol. The molecule has 1 rings (SSSR count). The summed E-state index contributed by atoms with van der Waals surface area (Å²) < 4.78 is 5.35. The van der Waals surface area contributed by atoms with E-state index >= 15 is 0 Å². The predicted molar refractivity (Wildman–Crippen MR) is 81.7 cm³/mol. The first-order valence-corrected chi connectivity index (χ1v) is 6.84. The Bertz CT molecular complexity index is 421. The van der Waals surface area contributed by atoms with Gasteiger partial charge in [0.15, 0.2) is 0 Å². The minimum Gasteiger partial charge on any atom is -0.496 e. The molecule has 0 fully saturated rings. The van der Waals surface area contributed by atoms with Gasteiger partial charge in [0.2, 0.25) is 0 Å². The summed E-state index contributed by atoms with van der Waals surface area (Å²) in [7, 11) is 3.86. The van der Waals surface area contributed by atoms with Gasteiger partial charge in [0.05, 0.1) is 7.11 Å². The van der Waals surface area contributed by atoms with Gasteiger partial charge in [0.1, 0.15) is 5.75 Å². The van der Waals surface area contributed by atoms with Crippen molar-refractivity contribution in [1.29, 1.82) is 0 Å². The van der Waals surface area contributed by atoms with Crippen LogP contribution in [0, 0.1) is 13.8 Å². The lowest BCUT2D eigenvalue weighted by Gasteiger charge is -2.24. The molecule has 0 saturated heterocycles. The van der Waals surface area contributed by atoms with Crippen LogP contribution < -0.4 is 10.5 Å². The molecule has 0 atom stereocenters. The fourth-order valence-electron chi connectivity index (χ4n) is 2.09. The van der Waals surface area contributed by atoms with E-state index in [1.165, 1.54) is 16.7 Å². The quantitative estimate of drug-likeness (QED) is 0.858. The Morgan fingerprint density at radius 2 is 1.84 bits per heavy atom. The van der Waals surface area contributed by atoms with Crippen LogP contribution in [0.5, 0.6) is 5.75 Å². The molecule has 0 saturated carbocycles. The van der Waals surface area contributed by atoms with Gasteiger partial charge in [-0.3, -0.25) is 0 Å². The van der Waals surface area contributed by atoms with Gasteiger partial charge in [-0.05, 0) is 70.5 Å². The lowest BCUT2D eigenvalue weighted by molar-refractivity contribution is 0.288. The number of nitrogens with two attached hydrogens (primary N) is 1. The van der Waals surface area contributed by atoms with E-state index in [0.717, 1.165) is 25.3 Å². The summed E-state index contributed by atoms with van der Waals surface area (Å²) in [5.74, 6) is 0.965. The average Bonchev–Trinajstić information content (AvgIpc) is 2.30. The molecule has 0 aliphatic heterocycles. The number of methoxy groups -OCH3 is 1. The van der Waals surface area contributed by atoms with Crippen molar-refractivity contribution in [3.8, 4) is 5.75 Å². The zero-order valence-corrected chi connectivity index (χ0v) is 13.2. The molecule has 1 aromatic rings. The normalized spacial score (nSPS) is 12.0. The van der Waals surface area contributed by atoms with Crippen LogP contribution in [0.2, 0.25) is 0 Å². The number of nitrogens with zero attached hydrogens (tertiary/aromatic N) is 1. The van der Waals surface area contributed by atoms with Crippen LogP contribution in [0.15, 0.2) is 12.1 Å². The Hall–Kier alpha value is -1.06. The van der Waals surface area contributed by atoms with Crippen LogP contribution in [0.1, 0.15) is 37.0 Å². The van der Waals surface area contributed by atoms with Gasteiger partial charge in [0, 0.05) is 12.1 Å².